The zero-order valence-corrected chi connectivity index (χ0v) is 18.6. The lowest BCUT2D eigenvalue weighted by Crippen LogP contribution is -2.51. The minimum atomic E-state index is -1.28. The largest absolute Gasteiger partial charge is 0.481 e. The molecule has 1 saturated heterocycles. The number of carboxylic acids is 1. The van der Waals surface area contributed by atoms with Crippen molar-refractivity contribution >= 4 is 23.5 Å². The van der Waals surface area contributed by atoms with Crippen LogP contribution in [0.4, 0.5) is 8.78 Å². The second-order valence-electron chi connectivity index (χ2n) is 8.15. The smallest absolute Gasteiger partial charge is 0.341 e. The maximum Gasteiger partial charge on any atom is 0.341 e. The molecule has 0 aliphatic carbocycles. The standard InChI is InChI=1S/C23H24ClF2NO6/c1-23(27-21(29)5-6-28)10-19(13-3-2-4-14(24)7-13)33-20(11-23)15-8-16(25)17(26)9-18(15)32-12-22(30)31/h2-4,7-9,19-20,28H,5-6,10-12H2,1H3,(H,27,29)(H,30,31)/t19-,20+,23-/m0/s1. The summed E-state index contributed by atoms with van der Waals surface area (Å²) in [4.78, 5) is 23.2. The van der Waals surface area contributed by atoms with Crippen LogP contribution in [-0.2, 0) is 14.3 Å². The molecule has 2 aromatic carbocycles. The number of ether oxygens (including phenoxy) is 2. The lowest BCUT2D eigenvalue weighted by atomic mass is 9.81. The molecule has 0 radical (unpaired) electrons. The summed E-state index contributed by atoms with van der Waals surface area (Å²) >= 11 is 6.13. The van der Waals surface area contributed by atoms with E-state index in [1.54, 1.807) is 31.2 Å². The Labute approximate surface area is 194 Å². The van der Waals surface area contributed by atoms with Gasteiger partial charge in [0, 0.05) is 41.5 Å². The van der Waals surface area contributed by atoms with Crippen LogP contribution in [0.15, 0.2) is 36.4 Å². The van der Waals surface area contributed by atoms with E-state index in [2.05, 4.69) is 5.32 Å². The van der Waals surface area contributed by atoms with Gasteiger partial charge in [-0.1, -0.05) is 23.7 Å². The first kappa shape index (κ1) is 24.9. The van der Waals surface area contributed by atoms with Gasteiger partial charge in [-0.25, -0.2) is 13.6 Å². The number of hydrogen-bond acceptors (Lipinski definition) is 5. The summed E-state index contributed by atoms with van der Waals surface area (Å²) in [6, 6.07) is 8.63. The minimum absolute atomic E-state index is 0.0961. The van der Waals surface area contributed by atoms with Crippen LogP contribution in [0.1, 0.15) is 49.5 Å². The van der Waals surface area contributed by atoms with Gasteiger partial charge in [-0.3, -0.25) is 4.79 Å². The summed E-state index contributed by atoms with van der Waals surface area (Å²) in [5.41, 5.74) is -0.0215. The molecule has 0 spiro atoms. The van der Waals surface area contributed by atoms with Crippen molar-refractivity contribution in [3.63, 3.8) is 0 Å². The Morgan fingerprint density at radius 3 is 2.58 bits per heavy atom. The Bertz CT molecular complexity index is 1040. The zero-order chi connectivity index (χ0) is 24.2. The number of hydrogen-bond donors (Lipinski definition) is 3. The fraction of sp³-hybridized carbons (Fsp3) is 0.391. The number of benzene rings is 2. The molecule has 33 heavy (non-hydrogen) atoms. The average Bonchev–Trinajstić information content (AvgIpc) is 2.73. The fourth-order valence-corrected chi connectivity index (χ4v) is 4.14. The average molecular weight is 484 g/mol. The monoisotopic (exact) mass is 483 g/mol. The van der Waals surface area contributed by atoms with E-state index in [1.807, 2.05) is 0 Å². The predicted octanol–water partition coefficient (Wildman–Crippen LogP) is 3.93. The number of aliphatic hydroxyl groups excluding tert-OH is 1. The first-order valence-corrected chi connectivity index (χ1v) is 10.6. The summed E-state index contributed by atoms with van der Waals surface area (Å²) in [5, 5.41) is 21.4. The minimum Gasteiger partial charge on any atom is -0.481 e. The van der Waals surface area contributed by atoms with Crippen molar-refractivity contribution < 1.29 is 38.1 Å². The van der Waals surface area contributed by atoms with Gasteiger partial charge in [0.1, 0.15) is 5.75 Å². The Morgan fingerprint density at radius 1 is 1.21 bits per heavy atom. The van der Waals surface area contributed by atoms with Crippen LogP contribution in [0.25, 0.3) is 0 Å². The summed E-state index contributed by atoms with van der Waals surface area (Å²) in [6.45, 7) is 0.704. The Balaban J connectivity index is 2.01. The first-order chi connectivity index (χ1) is 15.6. The van der Waals surface area contributed by atoms with Crippen LogP contribution in [0.3, 0.4) is 0 Å². The normalized spacial score (nSPS) is 22.6. The van der Waals surface area contributed by atoms with Crippen molar-refractivity contribution in [1.82, 2.24) is 5.32 Å². The molecule has 0 unspecified atom stereocenters. The van der Waals surface area contributed by atoms with Gasteiger partial charge in [0.05, 0.1) is 18.8 Å². The molecule has 0 aromatic heterocycles. The van der Waals surface area contributed by atoms with Crippen LogP contribution >= 0.6 is 11.6 Å². The Hall–Kier alpha value is -2.75. The van der Waals surface area contributed by atoms with Crippen molar-refractivity contribution in [2.45, 2.75) is 43.9 Å². The van der Waals surface area contributed by atoms with Crippen molar-refractivity contribution in [3.05, 3.63) is 64.2 Å². The Morgan fingerprint density at radius 2 is 1.91 bits per heavy atom. The molecule has 1 fully saturated rings. The van der Waals surface area contributed by atoms with E-state index in [1.165, 1.54) is 0 Å². The molecule has 2 aromatic rings. The van der Waals surface area contributed by atoms with Crippen molar-refractivity contribution in [2.75, 3.05) is 13.2 Å². The maximum atomic E-state index is 14.2. The number of carboxylic acid groups (broad SMARTS) is 1. The van der Waals surface area contributed by atoms with E-state index in [4.69, 9.17) is 31.3 Å². The van der Waals surface area contributed by atoms with Crippen molar-refractivity contribution in [2.24, 2.45) is 0 Å². The van der Waals surface area contributed by atoms with Gasteiger partial charge in [0.15, 0.2) is 18.2 Å². The highest BCUT2D eigenvalue weighted by Crippen LogP contribution is 2.46. The van der Waals surface area contributed by atoms with E-state index >= 15 is 0 Å². The second-order valence-corrected chi connectivity index (χ2v) is 8.58. The number of aliphatic carboxylic acids is 1. The van der Waals surface area contributed by atoms with Gasteiger partial charge >= 0.3 is 5.97 Å². The highest BCUT2D eigenvalue weighted by molar-refractivity contribution is 6.30. The van der Waals surface area contributed by atoms with E-state index < -0.39 is 42.0 Å². The first-order valence-electron chi connectivity index (χ1n) is 10.3. The second kappa shape index (κ2) is 10.5. The van der Waals surface area contributed by atoms with Crippen LogP contribution in [0, 0.1) is 11.6 Å². The number of rotatable bonds is 8. The summed E-state index contributed by atoms with van der Waals surface area (Å²) in [7, 11) is 0. The number of carbonyl (C=O) groups excluding carboxylic acids is 1. The van der Waals surface area contributed by atoms with Gasteiger partial charge in [0.25, 0.3) is 0 Å². The van der Waals surface area contributed by atoms with Gasteiger partial charge in [-0.05, 0) is 30.7 Å². The van der Waals surface area contributed by atoms with Crippen LogP contribution < -0.4 is 10.1 Å². The molecular weight excluding hydrogens is 460 g/mol. The zero-order valence-electron chi connectivity index (χ0n) is 17.8. The fourth-order valence-electron chi connectivity index (χ4n) is 3.95. The number of aliphatic hydroxyl groups is 1. The van der Waals surface area contributed by atoms with Crippen molar-refractivity contribution in [1.29, 1.82) is 0 Å². The van der Waals surface area contributed by atoms with E-state index in [0.29, 0.717) is 17.0 Å². The third-order valence-corrected chi connectivity index (χ3v) is 5.59. The van der Waals surface area contributed by atoms with E-state index in [9.17, 15) is 18.4 Å². The van der Waals surface area contributed by atoms with Crippen LogP contribution in [0.2, 0.25) is 5.02 Å². The molecule has 1 heterocycles. The molecule has 0 bridgehead atoms. The van der Waals surface area contributed by atoms with Gasteiger partial charge < -0.3 is 25.0 Å². The molecule has 178 valence electrons. The molecule has 3 rings (SSSR count). The molecule has 1 amide bonds. The lowest BCUT2D eigenvalue weighted by molar-refractivity contribution is -0.139. The topological polar surface area (TPSA) is 105 Å². The molecule has 0 saturated carbocycles. The van der Waals surface area contributed by atoms with Gasteiger partial charge in [-0.2, -0.15) is 0 Å². The predicted molar refractivity (Wildman–Crippen MR) is 115 cm³/mol. The number of carbonyl (C=O) groups is 2. The third-order valence-electron chi connectivity index (χ3n) is 5.35. The quantitative estimate of drug-likeness (QED) is 0.525. The molecular formula is C23H24ClF2NO6. The van der Waals surface area contributed by atoms with Crippen LogP contribution in [0.5, 0.6) is 5.75 Å². The SMILES string of the molecule is C[C@]1(NC(=O)CCO)C[C@@H](c2cccc(Cl)c2)O[C@@H](c2cc(F)c(F)cc2OCC(=O)O)C1. The van der Waals surface area contributed by atoms with Crippen molar-refractivity contribution in [3.8, 4) is 5.75 Å². The highest BCUT2D eigenvalue weighted by atomic mass is 35.5. The van der Waals surface area contributed by atoms with E-state index in [0.717, 1.165) is 12.1 Å². The summed E-state index contributed by atoms with van der Waals surface area (Å²) in [6.07, 6.45) is -1.05. The Kier molecular flexibility index (Phi) is 7.88. The summed E-state index contributed by atoms with van der Waals surface area (Å²) < 4.78 is 39.5. The number of amides is 1. The highest BCUT2D eigenvalue weighted by Gasteiger charge is 2.41. The van der Waals surface area contributed by atoms with E-state index in [-0.39, 0.29) is 36.7 Å². The van der Waals surface area contributed by atoms with Crippen LogP contribution in [-0.4, -0.2) is 40.8 Å². The molecule has 1 aliphatic rings. The van der Waals surface area contributed by atoms with Gasteiger partial charge in [0.2, 0.25) is 5.91 Å². The lowest BCUT2D eigenvalue weighted by Gasteiger charge is -2.43. The molecule has 7 nitrogen and oxygen atoms in total. The van der Waals surface area contributed by atoms with Gasteiger partial charge in [-0.15, -0.1) is 0 Å². The summed E-state index contributed by atoms with van der Waals surface area (Å²) in [5.74, 6) is -4.17. The molecule has 3 N–H and O–H groups in total. The molecule has 1 aliphatic heterocycles. The third kappa shape index (κ3) is 6.40. The molecule has 3 atom stereocenters. The number of halogens is 3. The maximum absolute atomic E-state index is 14.2. The molecule has 10 heteroatoms. The number of nitrogens with one attached hydrogen (secondary N) is 1.